The Balaban J connectivity index is 1.57. The number of nitrogens with one attached hydrogen (secondary N) is 1. The molecule has 0 fully saturated rings. The number of aromatic nitrogens is 1. The molecule has 0 saturated carbocycles. The second-order valence-electron chi connectivity index (χ2n) is 5.83. The van der Waals surface area contributed by atoms with Gasteiger partial charge in [0.2, 0.25) is 5.91 Å². The molecule has 1 amide bonds. The first kappa shape index (κ1) is 19.5. The van der Waals surface area contributed by atoms with Crippen LogP contribution in [0.4, 0.5) is 0 Å². The molecule has 8 heteroatoms. The molecule has 1 aromatic carbocycles. The van der Waals surface area contributed by atoms with Crippen LogP contribution in [0.1, 0.15) is 33.7 Å². The van der Waals surface area contributed by atoms with Gasteiger partial charge in [0.05, 0.1) is 35.5 Å². The summed E-state index contributed by atoms with van der Waals surface area (Å²) in [6.45, 7) is 3.99. The van der Waals surface area contributed by atoms with E-state index in [2.05, 4.69) is 15.5 Å². The standard InChI is InChI=1S/C20H19N3O4S/c1-3-26-20(25)15-6-4-14(5-7-15)18-9-8-17(27-18)11-21-23-19(24)10-16-12-28-13(2)22-16/h4-9,11-12H,3,10H2,1-2H3,(H,23,24)/b21-11-. The summed E-state index contributed by atoms with van der Waals surface area (Å²) < 4.78 is 10.7. The number of nitrogens with zero attached hydrogens (tertiary/aromatic N) is 2. The van der Waals surface area contributed by atoms with Gasteiger partial charge in [-0.15, -0.1) is 11.3 Å². The Morgan fingerprint density at radius 3 is 2.71 bits per heavy atom. The first-order valence-corrected chi connectivity index (χ1v) is 9.53. The number of hydrogen-bond donors (Lipinski definition) is 1. The number of esters is 1. The van der Waals surface area contributed by atoms with Crippen LogP contribution < -0.4 is 5.43 Å². The SMILES string of the molecule is CCOC(=O)c1ccc(-c2ccc(/C=N\NC(=O)Cc3csc(C)n3)o2)cc1. The first-order chi connectivity index (χ1) is 13.5. The fourth-order valence-corrected chi connectivity index (χ4v) is 3.04. The minimum atomic E-state index is -0.357. The number of carbonyl (C=O) groups is 2. The summed E-state index contributed by atoms with van der Waals surface area (Å²) in [6.07, 6.45) is 1.61. The van der Waals surface area contributed by atoms with Crippen LogP contribution in [0.5, 0.6) is 0 Å². The van der Waals surface area contributed by atoms with Crippen molar-refractivity contribution in [1.29, 1.82) is 0 Å². The molecule has 0 bridgehead atoms. The molecule has 0 atom stereocenters. The molecule has 3 aromatic rings. The zero-order valence-corrected chi connectivity index (χ0v) is 16.3. The average Bonchev–Trinajstić information content (AvgIpc) is 3.31. The monoisotopic (exact) mass is 397 g/mol. The molecule has 0 radical (unpaired) electrons. The van der Waals surface area contributed by atoms with Crippen molar-refractivity contribution >= 4 is 29.4 Å². The lowest BCUT2D eigenvalue weighted by Gasteiger charge is -2.02. The van der Waals surface area contributed by atoms with Gasteiger partial charge in [0, 0.05) is 10.9 Å². The number of aryl methyl sites for hydroxylation is 1. The summed E-state index contributed by atoms with van der Waals surface area (Å²) in [4.78, 5) is 27.8. The minimum Gasteiger partial charge on any atom is -0.462 e. The summed E-state index contributed by atoms with van der Waals surface area (Å²) in [5.41, 5.74) is 4.48. The van der Waals surface area contributed by atoms with Gasteiger partial charge in [-0.2, -0.15) is 5.10 Å². The highest BCUT2D eigenvalue weighted by Gasteiger charge is 2.09. The maximum Gasteiger partial charge on any atom is 0.338 e. The predicted molar refractivity (Wildman–Crippen MR) is 106 cm³/mol. The molecule has 2 aromatic heterocycles. The van der Waals surface area contributed by atoms with Crippen LogP contribution in [0.15, 0.2) is 51.3 Å². The van der Waals surface area contributed by atoms with E-state index in [1.54, 1.807) is 43.3 Å². The molecular weight excluding hydrogens is 378 g/mol. The van der Waals surface area contributed by atoms with Gasteiger partial charge >= 0.3 is 5.97 Å². The molecule has 1 N–H and O–H groups in total. The maximum absolute atomic E-state index is 11.8. The van der Waals surface area contributed by atoms with E-state index in [0.29, 0.717) is 23.7 Å². The van der Waals surface area contributed by atoms with Crippen LogP contribution in [-0.2, 0) is 16.0 Å². The van der Waals surface area contributed by atoms with E-state index < -0.39 is 0 Å². The summed E-state index contributed by atoms with van der Waals surface area (Å²) in [6, 6.07) is 10.5. The lowest BCUT2D eigenvalue weighted by molar-refractivity contribution is -0.120. The zero-order valence-electron chi connectivity index (χ0n) is 15.5. The van der Waals surface area contributed by atoms with Gasteiger partial charge in [-0.25, -0.2) is 15.2 Å². The minimum absolute atomic E-state index is 0.178. The number of benzene rings is 1. The molecule has 7 nitrogen and oxygen atoms in total. The molecule has 0 aliphatic heterocycles. The van der Waals surface area contributed by atoms with Gasteiger partial charge in [0.1, 0.15) is 11.5 Å². The number of carbonyl (C=O) groups excluding carboxylic acids is 2. The highest BCUT2D eigenvalue weighted by atomic mass is 32.1. The summed E-state index contributed by atoms with van der Waals surface area (Å²) in [5.74, 6) is 0.517. The van der Waals surface area contributed by atoms with E-state index in [1.807, 2.05) is 12.3 Å². The van der Waals surface area contributed by atoms with Crippen LogP contribution in [-0.4, -0.2) is 29.7 Å². The van der Waals surface area contributed by atoms with Crippen molar-refractivity contribution < 1.29 is 18.7 Å². The van der Waals surface area contributed by atoms with Crippen molar-refractivity contribution in [3.05, 3.63) is 63.8 Å². The summed E-state index contributed by atoms with van der Waals surface area (Å²) >= 11 is 1.50. The van der Waals surface area contributed by atoms with E-state index in [9.17, 15) is 9.59 Å². The van der Waals surface area contributed by atoms with Crippen molar-refractivity contribution in [1.82, 2.24) is 10.4 Å². The Labute approximate surface area is 166 Å². The Kier molecular flexibility index (Phi) is 6.33. The second-order valence-corrected chi connectivity index (χ2v) is 6.89. The number of hydrogen-bond acceptors (Lipinski definition) is 7. The van der Waals surface area contributed by atoms with Crippen molar-refractivity contribution in [3.63, 3.8) is 0 Å². The van der Waals surface area contributed by atoms with Crippen LogP contribution >= 0.6 is 11.3 Å². The third-order valence-electron chi connectivity index (χ3n) is 3.70. The Morgan fingerprint density at radius 2 is 2.04 bits per heavy atom. The molecule has 28 heavy (non-hydrogen) atoms. The topological polar surface area (TPSA) is 93.8 Å². The Hall–Kier alpha value is -3.26. The smallest absolute Gasteiger partial charge is 0.338 e. The van der Waals surface area contributed by atoms with Crippen LogP contribution in [0, 0.1) is 6.92 Å². The number of furan rings is 1. The van der Waals surface area contributed by atoms with E-state index in [-0.39, 0.29) is 18.3 Å². The van der Waals surface area contributed by atoms with E-state index >= 15 is 0 Å². The van der Waals surface area contributed by atoms with Crippen LogP contribution in [0.3, 0.4) is 0 Å². The van der Waals surface area contributed by atoms with E-state index in [4.69, 9.17) is 9.15 Å². The van der Waals surface area contributed by atoms with Crippen molar-refractivity contribution in [2.24, 2.45) is 5.10 Å². The number of hydrazone groups is 1. The summed E-state index contributed by atoms with van der Waals surface area (Å²) in [7, 11) is 0. The summed E-state index contributed by atoms with van der Waals surface area (Å²) in [5, 5.41) is 6.68. The predicted octanol–water partition coefficient (Wildman–Crippen LogP) is 3.58. The number of rotatable bonds is 7. The van der Waals surface area contributed by atoms with Gasteiger partial charge in [0.15, 0.2) is 0 Å². The van der Waals surface area contributed by atoms with E-state index in [1.165, 1.54) is 17.6 Å². The number of thiazole rings is 1. The molecule has 0 aliphatic carbocycles. The highest BCUT2D eigenvalue weighted by molar-refractivity contribution is 7.09. The normalized spacial score (nSPS) is 10.9. The number of ether oxygens (including phenoxy) is 1. The van der Waals surface area contributed by atoms with Crippen molar-refractivity contribution in [3.8, 4) is 11.3 Å². The number of amides is 1. The third kappa shape index (κ3) is 5.14. The van der Waals surface area contributed by atoms with Gasteiger partial charge in [-0.1, -0.05) is 12.1 Å². The third-order valence-corrected chi connectivity index (χ3v) is 4.52. The zero-order chi connectivity index (χ0) is 19.9. The molecule has 3 rings (SSSR count). The van der Waals surface area contributed by atoms with Crippen molar-refractivity contribution in [2.75, 3.05) is 6.61 Å². The van der Waals surface area contributed by atoms with Gasteiger partial charge in [0.25, 0.3) is 0 Å². The van der Waals surface area contributed by atoms with Gasteiger partial charge < -0.3 is 9.15 Å². The molecule has 2 heterocycles. The fourth-order valence-electron chi connectivity index (χ4n) is 2.42. The maximum atomic E-state index is 11.8. The highest BCUT2D eigenvalue weighted by Crippen LogP contribution is 2.22. The molecule has 0 aliphatic rings. The first-order valence-electron chi connectivity index (χ1n) is 8.65. The largest absolute Gasteiger partial charge is 0.462 e. The van der Waals surface area contributed by atoms with Crippen LogP contribution in [0.25, 0.3) is 11.3 Å². The van der Waals surface area contributed by atoms with Crippen LogP contribution in [0.2, 0.25) is 0 Å². The van der Waals surface area contributed by atoms with E-state index in [0.717, 1.165) is 16.3 Å². The lowest BCUT2D eigenvalue weighted by Crippen LogP contribution is -2.19. The molecule has 0 unspecified atom stereocenters. The molecule has 0 spiro atoms. The van der Waals surface area contributed by atoms with Crippen molar-refractivity contribution in [2.45, 2.75) is 20.3 Å². The molecular formula is C20H19N3O4S. The Morgan fingerprint density at radius 1 is 1.25 bits per heavy atom. The molecule has 144 valence electrons. The Bertz CT molecular complexity index is 989. The average molecular weight is 397 g/mol. The van der Waals surface area contributed by atoms with Gasteiger partial charge in [-0.3, -0.25) is 4.79 Å². The lowest BCUT2D eigenvalue weighted by atomic mass is 10.1. The fraction of sp³-hybridized carbons (Fsp3) is 0.200. The second kappa shape index (κ2) is 9.09. The quantitative estimate of drug-likeness (QED) is 0.374. The van der Waals surface area contributed by atoms with Gasteiger partial charge in [-0.05, 0) is 38.1 Å². The molecule has 0 saturated heterocycles.